The van der Waals surface area contributed by atoms with Crippen LogP contribution < -0.4 is 20.3 Å². The van der Waals surface area contributed by atoms with Crippen molar-refractivity contribution in [2.75, 3.05) is 32.1 Å². The minimum Gasteiger partial charge on any atom is -0.497 e. The van der Waals surface area contributed by atoms with Gasteiger partial charge in [-0.3, -0.25) is 4.79 Å². The minimum absolute atomic E-state index is 0.0585. The zero-order valence-electron chi connectivity index (χ0n) is 16.5. The van der Waals surface area contributed by atoms with Crippen LogP contribution in [0.1, 0.15) is 41.7 Å². The summed E-state index contributed by atoms with van der Waals surface area (Å²) in [4.78, 5) is 13.0. The summed E-state index contributed by atoms with van der Waals surface area (Å²) in [6.07, 6.45) is 2.54. The monoisotopic (exact) mass is 398 g/mol. The van der Waals surface area contributed by atoms with Gasteiger partial charge in [-0.05, 0) is 67.7 Å². The third kappa shape index (κ3) is 5.30. The predicted octanol–water partition coefficient (Wildman–Crippen LogP) is 2.60. The molecule has 0 bridgehead atoms. The second kappa shape index (κ2) is 9.66. The van der Waals surface area contributed by atoms with Crippen molar-refractivity contribution in [1.82, 2.24) is 5.32 Å². The zero-order valence-corrected chi connectivity index (χ0v) is 17.3. The number of nitrogens with one attached hydrogen (secondary N) is 3. The molecule has 1 atom stereocenters. The molecule has 0 spiro atoms. The number of anilines is 1. The van der Waals surface area contributed by atoms with E-state index < -0.39 is 0 Å². The molecule has 1 saturated heterocycles. The first-order valence-corrected chi connectivity index (χ1v) is 10.1. The Kier molecular flexibility index (Phi) is 7.01. The van der Waals surface area contributed by atoms with Crippen molar-refractivity contribution in [1.29, 1.82) is 0 Å². The number of benzene rings is 2. The highest BCUT2D eigenvalue weighted by molar-refractivity contribution is 7.80. The normalized spacial score (nSPS) is 15.1. The molecule has 2 aromatic carbocycles. The van der Waals surface area contributed by atoms with Gasteiger partial charge in [0.1, 0.15) is 11.8 Å². The van der Waals surface area contributed by atoms with E-state index in [-0.39, 0.29) is 5.78 Å². The van der Waals surface area contributed by atoms with Gasteiger partial charge in [-0.2, -0.15) is 0 Å². The van der Waals surface area contributed by atoms with Crippen molar-refractivity contribution >= 4 is 28.8 Å². The molecule has 0 amide bonds. The number of ketones is 1. The lowest BCUT2D eigenvalue weighted by molar-refractivity contribution is -0.918. The Morgan fingerprint density at radius 1 is 1.11 bits per heavy atom. The molecular weight excluding hydrogens is 370 g/mol. The van der Waals surface area contributed by atoms with Crippen LogP contribution in [-0.2, 0) is 0 Å². The maximum Gasteiger partial charge on any atom is 0.171 e. The number of rotatable bonds is 7. The Bertz CT molecular complexity index is 800. The molecule has 148 valence electrons. The second-order valence-corrected chi connectivity index (χ2v) is 7.57. The average molecular weight is 399 g/mol. The SMILES string of the molecule is COc1ccc([C@@H](CNC(=S)Nc2ccc(C(C)=O)cc2)[NH+]2CCCC2)cc1. The van der Waals surface area contributed by atoms with Crippen LogP contribution in [0.2, 0.25) is 0 Å². The number of Topliss-reactive ketones (excluding diaryl/α,β-unsaturated/α-hetero) is 1. The number of methoxy groups -OCH3 is 1. The smallest absolute Gasteiger partial charge is 0.171 e. The van der Waals surface area contributed by atoms with Gasteiger partial charge < -0.3 is 20.3 Å². The molecule has 5 nitrogen and oxygen atoms in total. The largest absolute Gasteiger partial charge is 0.497 e. The highest BCUT2D eigenvalue weighted by Gasteiger charge is 2.27. The van der Waals surface area contributed by atoms with Crippen LogP contribution >= 0.6 is 12.2 Å². The van der Waals surface area contributed by atoms with Crippen LogP contribution in [0.25, 0.3) is 0 Å². The Morgan fingerprint density at radius 2 is 1.75 bits per heavy atom. The van der Waals surface area contributed by atoms with Crippen molar-refractivity contribution in [3.63, 3.8) is 0 Å². The topological polar surface area (TPSA) is 54.8 Å². The van der Waals surface area contributed by atoms with Gasteiger partial charge in [0.2, 0.25) is 0 Å². The first kappa shape index (κ1) is 20.3. The number of hydrogen-bond donors (Lipinski definition) is 3. The van der Waals surface area contributed by atoms with Crippen molar-refractivity contribution < 1.29 is 14.4 Å². The lowest BCUT2D eigenvalue weighted by Crippen LogP contribution is -3.11. The fraction of sp³-hybridized carbons (Fsp3) is 0.364. The molecule has 0 saturated carbocycles. The molecule has 2 aromatic rings. The Balaban J connectivity index is 1.62. The number of likely N-dealkylation sites (tertiary alicyclic amines) is 1. The molecule has 28 heavy (non-hydrogen) atoms. The summed E-state index contributed by atoms with van der Waals surface area (Å²) >= 11 is 5.48. The van der Waals surface area contributed by atoms with Crippen molar-refractivity contribution in [2.24, 2.45) is 0 Å². The molecule has 1 heterocycles. The number of ether oxygens (including phenoxy) is 1. The fourth-order valence-electron chi connectivity index (χ4n) is 3.67. The van der Waals surface area contributed by atoms with E-state index in [1.54, 1.807) is 18.9 Å². The zero-order chi connectivity index (χ0) is 19.9. The highest BCUT2D eigenvalue weighted by atomic mass is 32.1. The third-order valence-corrected chi connectivity index (χ3v) is 5.52. The van der Waals surface area contributed by atoms with Crippen molar-refractivity contribution in [3.8, 4) is 5.75 Å². The average Bonchev–Trinajstić information content (AvgIpc) is 3.23. The standard InChI is InChI=1S/C22H27N3O2S/c1-16(26)17-5-9-19(10-6-17)24-22(28)23-15-21(25-13-3-4-14-25)18-7-11-20(27-2)12-8-18/h5-12,21H,3-4,13-15H2,1-2H3,(H2,23,24,28)/p+1/t21-/m1/s1. The first-order chi connectivity index (χ1) is 13.6. The van der Waals surface area contributed by atoms with Crippen molar-refractivity contribution in [2.45, 2.75) is 25.8 Å². The first-order valence-electron chi connectivity index (χ1n) is 9.71. The van der Waals surface area contributed by atoms with E-state index in [4.69, 9.17) is 17.0 Å². The summed E-state index contributed by atoms with van der Waals surface area (Å²) in [6.45, 7) is 4.70. The quantitative estimate of drug-likeness (QED) is 0.494. The minimum atomic E-state index is 0.0585. The van der Waals surface area contributed by atoms with Crippen LogP contribution in [0.15, 0.2) is 48.5 Å². The number of hydrogen-bond acceptors (Lipinski definition) is 3. The Labute approximate surface area is 172 Å². The van der Waals surface area contributed by atoms with Gasteiger partial charge in [-0.25, -0.2) is 0 Å². The predicted molar refractivity (Wildman–Crippen MR) is 116 cm³/mol. The lowest BCUT2D eigenvalue weighted by atomic mass is 10.1. The van der Waals surface area contributed by atoms with E-state index in [0.29, 0.717) is 16.7 Å². The number of carbonyl (C=O) groups excluding carboxylic acids is 1. The molecule has 0 aliphatic carbocycles. The summed E-state index contributed by atoms with van der Waals surface area (Å²) in [5.41, 5.74) is 2.86. The van der Waals surface area contributed by atoms with E-state index >= 15 is 0 Å². The number of thiocarbonyl (C=S) groups is 1. The maximum atomic E-state index is 11.4. The summed E-state index contributed by atoms with van der Waals surface area (Å²) in [7, 11) is 1.69. The summed E-state index contributed by atoms with van der Waals surface area (Å²) < 4.78 is 5.29. The fourth-order valence-corrected chi connectivity index (χ4v) is 3.87. The number of carbonyl (C=O) groups is 1. The molecule has 0 radical (unpaired) electrons. The molecule has 0 unspecified atom stereocenters. The van der Waals surface area contributed by atoms with E-state index in [2.05, 4.69) is 22.8 Å². The van der Waals surface area contributed by atoms with Gasteiger partial charge in [0.05, 0.1) is 26.7 Å². The van der Waals surface area contributed by atoms with Crippen LogP contribution in [0.5, 0.6) is 5.75 Å². The van der Waals surface area contributed by atoms with E-state index in [0.717, 1.165) is 18.0 Å². The summed E-state index contributed by atoms with van der Waals surface area (Å²) in [5.74, 6) is 0.932. The van der Waals surface area contributed by atoms with Crippen molar-refractivity contribution in [3.05, 3.63) is 59.7 Å². The second-order valence-electron chi connectivity index (χ2n) is 7.16. The molecule has 3 rings (SSSR count). The molecule has 1 fully saturated rings. The Morgan fingerprint density at radius 3 is 2.32 bits per heavy atom. The summed E-state index contributed by atoms with van der Waals surface area (Å²) in [5, 5.41) is 7.17. The van der Waals surface area contributed by atoms with E-state index in [1.165, 1.54) is 31.5 Å². The van der Waals surface area contributed by atoms with Gasteiger partial charge in [0.25, 0.3) is 0 Å². The van der Waals surface area contributed by atoms with Gasteiger partial charge in [0, 0.05) is 29.7 Å². The van der Waals surface area contributed by atoms with Crippen LogP contribution in [0, 0.1) is 0 Å². The van der Waals surface area contributed by atoms with Crippen LogP contribution in [0.3, 0.4) is 0 Å². The van der Waals surface area contributed by atoms with Gasteiger partial charge in [-0.15, -0.1) is 0 Å². The third-order valence-electron chi connectivity index (χ3n) is 5.27. The van der Waals surface area contributed by atoms with Crippen LogP contribution in [-0.4, -0.2) is 37.6 Å². The molecule has 0 aromatic heterocycles. The van der Waals surface area contributed by atoms with Gasteiger partial charge in [-0.1, -0.05) is 0 Å². The molecule has 1 aliphatic rings. The lowest BCUT2D eigenvalue weighted by Gasteiger charge is -2.26. The van der Waals surface area contributed by atoms with Gasteiger partial charge in [0.15, 0.2) is 10.9 Å². The molecule has 1 aliphatic heterocycles. The maximum absolute atomic E-state index is 11.4. The molecular formula is C22H28N3O2S+. The summed E-state index contributed by atoms with van der Waals surface area (Å²) in [6, 6.07) is 16.0. The van der Waals surface area contributed by atoms with E-state index in [9.17, 15) is 4.79 Å². The molecule has 3 N–H and O–H groups in total. The Hall–Kier alpha value is -2.44. The highest BCUT2D eigenvalue weighted by Crippen LogP contribution is 2.17. The van der Waals surface area contributed by atoms with Crippen LogP contribution in [0.4, 0.5) is 5.69 Å². The molecule has 6 heteroatoms. The number of quaternary nitrogens is 1. The van der Waals surface area contributed by atoms with Gasteiger partial charge >= 0.3 is 0 Å². The van der Waals surface area contributed by atoms with E-state index in [1.807, 2.05) is 36.4 Å².